The molecule has 0 aromatic heterocycles. The maximum absolute atomic E-state index is 13.0. The average molecular weight is 517 g/mol. The maximum Gasteiger partial charge on any atom is 0.283 e. The highest BCUT2D eigenvalue weighted by atomic mass is 35.5. The molecule has 10 heteroatoms. The third-order valence-electron chi connectivity index (χ3n) is 4.91. The predicted molar refractivity (Wildman–Crippen MR) is 133 cm³/mol. The summed E-state index contributed by atoms with van der Waals surface area (Å²) in [6.07, 6.45) is 0. The Balaban J connectivity index is 1.54. The smallest absolute Gasteiger partial charge is 0.283 e. The van der Waals surface area contributed by atoms with Crippen molar-refractivity contribution >= 4 is 69.6 Å². The Bertz CT molecular complexity index is 1360. The summed E-state index contributed by atoms with van der Waals surface area (Å²) in [5.41, 5.74) is 1.38. The molecule has 34 heavy (non-hydrogen) atoms. The standard InChI is InChI=1S/C24H16Cl3N3O4/c1-34-17-7-3-6-15(11-17)29-22(31)13-4-2-5-14(10-13)28-21-20(27)23(32)30(24(21)33)16-8-9-18(25)19(26)12-16/h2-12,28H,1H3,(H,29,31). The summed E-state index contributed by atoms with van der Waals surface area (Å²) in [5.74, 6) is -1.15. The van der Waals surface area contributed by atoms with Crippen molar-refractivity contribution in [2.75, 3.05) is 22.6 Å². The Morgan fingerprint density at radius 1 is 0.853 bits per heavy atom. The van der Waals surface area contributed by atoms with E-state index < -0.39 is 11.8 Å². The first kappa shape index (κ1) is 23.6. The van der Waals surface area contributed by atoms with Gasteiger partial charge in [-0.15, -0.1) is 0 Å². The summed E-state index contributed by atoms with van der Waals surface area (Å²) in [5, 5.41) is 5.81. The van der Waals surface area contributed by atoms with Crippen LogP contribution in [0.1, 0.15) is 10.4 Å². The molecular weight excluding hydrogens is 501 g/mol. The van der Waals surface area contributed by atoms with Gasteiger partial charge in [0.2, 0.25) is 0 Å². The van der Waals surface area contributed by atoms with Gasteiger partial charge >= 0.3 is 0 Å². The number of carbonyl (C=O) groups excluding carboxylic acids is 3. The van der Waals surface area contributed by atoms with Gasteiger partial charge in [0.25, 0.3) is 17.7 Å². The van der Waals surface area contributed by atoms with Crippen LogP contribution >= 0.6 is 34.8 Å². The van der Waals surface area contributed by atoms with E-state index in [2.05, 4.69) is 10.6 Å². The van der Waals surface area contributed by atoms with Crippen molar-refractivity contribution in [3.8, 4) is 5.75 Å². The van der Waals surface area contributed by atoms with E-state index in [9.17, 15) is 14.4 Å². The molecule has 0 unspecified atom stereocenters. The molecule has 1 aliphatic heterocycles. The van der Waals surface area contributed by atoms with Crippen LogP contribution in [0.4, 0.5) is 17.1 Å². The van der Waals surface area contributed by atoms with E-state index in [1.54, 1.807) is 42.5 Å². The summed E-state index contributed by atoms with van der Waals surface area (Å²) in [7, 11) is 1.54. The quantitative estimate of drug-likeness (QED) is 0.411. The summed E-state index contributed by atoms with van der Waals surface area (Å²) >= 11 is 18.1. The van der Waals surface area contributed by atoms with Crippen molar-refractivity contribution in [1.82, 2.24) is 0 Å². The van der Waals surface area contributed by atoms with Crippen LogP contribution in [0.2, 0.25) is 10.0 Å². The van der Waals surface area contributed by atoms with Gasteiger partial charge in [-0.3, -0.25) is 14.4 Å². The lowest BCUT2D eigenvalue weighted by atomic mass is 10.1. The van der Waals surface area contributed by atoms with Gasteiger partial charge in [-0.05, 0) is 48.5 Å². The van der Waals surface area contributed by atoms with E-state index in [0.29, 0.717) is 22.7 Å². The van der Waals surface area contributed by atoms with Gasteiger partial charge in [-0.25, -0.2) is 4.90 Å². The van der Waals surface area contributed by atoms with Crippen molar-refractivity contribution in [2.45, 2.75) is 0 Å². The molecule has 0 atom stereocenters. The molecule has 0 aliphatic carbocycles. The lowest BCUT2D eigenvalue weighted by Gasteiger charge is -2.16. The Labute approximate surface area is 209 Å². The number of nitrogens with one attached hydrogen (secondary N) is 2. The number of amides is 3. The Kier molecular flexibility index (Phi) is 6.79. The number of benzene rings is 3. The van der Waals surface area contributed by atoms with E-state index >= 15 is 0 Å². The van der Waals surface area contributed by atoms with Gasteiger partial charge < -0.3 is 15.4 Å². The Morgan fingerprint density at radius 2 is 1.59 bits per heavy atom. The molecule has 2 N–H and O–H groups in total. The van der Waals surface area contributed by atoms with Crippen LogP contribution in [0.5, 0.6) is 5.75 Å². The largest absolute Gasteiger partial charge is 0.497 e. The molecule has 0 saturated carbocycles. The third-order valence-corrected chi connectivity index (χ3v) is 6.00. The molecule has 0 saturated heterocycles. The van der Waals surface area contributed by atoms with Crippen LogP contribution in [0.25, 0.3) is 0 Å². The van der Waals surface area contributed by atoms with E-state index in [1.807, 2.05) is 0 Å². The highest BCUT2D eigenvalue weighted by molar-refractivity contribution is 6.53. The fraction of sp³-hybridized carbons (Fsp3) is 0.0417. The van der Waals surface area contributed by atoms with Crippen LogP contribution in [0.15, 0.2) is 77.5 Å². The van der Waals surface area contributed by atoms with Gasteiger partial charge in [0, 0.05) is 23.0 Å². The number of imide groups is 1. The molecule has 1 aliphatic rings. The number of methoxy groups -OCH3 is 1. The molecule has 172 valence electrons. The molecule has 0 bridgehead atoms. The van der Waals surface area contributed by atoms with Gasteiger partial charge in [0.15, 0.2) is 0 Å². The van der Waals surface area contributed by atoms with Gasteiger partial charge in [-0.2, -0.15) is 0 Å². The van der Waals surface area contributed by atoms with Crippen LogP contribution in [-0.2, 0) is 9.59 Å². The van der Waals surface area contributed by atoms with Gasteiger partial charge in [-0.1, -0.05) is 46.9 Å². The molecule has 0 radical (unpaired) electrons. The molecule has 0 spiro atoms. The molecule has 3 amide bonds. The fourth-order valence-corrected chi connectivity index (χ4v) is 3.76. The Morgan fingerprint density at radius 3 is 2.32 bits per heavy atom. The lowest BCUT2D eigenvalue weighted by Crippen LogP contribution is -2.32. The fourth-order valence-electron chi connectivity index (χ4n) is 3.26. The summed E-state index contributed by atoms with van der Waals surface area (Å²) in [4.78, 5) is 39.3. The zero-order valence-electron chi connectivity index (χ0n) is 17.6. The first-order chi connectivity index (χ1) is 16.3. The number of hydrogen-bond donors (Lipinski definition) is 2. The normalized spacial score (nSPS) is 13.4. The van der Waals surface area contributed by atoms with E-state index in [0.717, 1.165) is 4.90 Å². The molecule has 0 fully saturated rings. The highest BCUT2D eigenvalue weighted by Gasteiger charge is 2.39. The zero-order valence-corrected chi connectivity index (χ0v) is 19.8. The number of rotatable bonds is 6. The van der Waals surface area contributed by atoms with Crippen molar-refractivity contribution < 1.29 is 19.1 Å². The van der Waals surface area contributed by atoms with E-state index in [4.69, 9.17) is 39.5 Å². The van der Waals surface area contributed by atoms with Crippen molar-refractivity contribution in [3.63, 3.8) is 0 Å². The molecule has 3 aromatic carbocycles. The third kappa shape index (κ3) is 4.72. The predicted octanol–water partition coefficient (Wildman–Crippen LogP) is 5.69. The monoisotopic (exact) mass is 515 g/mol. The number of halogens is 3. The summed E-state index contributed by atoms with van der Waals surface area (Å²) in [6, 6.07) is 17.7. The van der Waals surface area contributed by atoms with Crippen LogP contribution in [0.3, 0.4) is 0 Å². The number of anilines is 3. The van der Waals surface area contributed by atoms with Crippen LogP contribution in [0, 0.1) is 0 Å². The molecule has 4 rings (SSSR count). The van der Waals surface area contributed by atoms with Gasteiger partial charge in [0.05, 0.1) is 22.8 Å². The average Bonchev–Trinajstić information content (AvgIpc) is 3.04. The van der Waals surface area contributed by atoms with E-state index in [1.165, 1.54) is 31.4 Å². The van der Waals surface area contributed by atoms with Crippen molar-refractivity contribution in [2.24, 2.45) is 0 Å². The highest BCUT2D eigenvalue weighted by Crippen LogP contribution is 2.33. The number of ether oxygens (including phenoxy) is 1. The van der Waals surface area contributed by atoms with E-state index in [-0.39, 0.29) is 32.4 Å². The zero-order chi connectivity index (χ0) is 24.4. The minimum Gasteiger partial charge on any atom is -0.497 e. The van der Waals surface area contributed by atoms with Crippen molar-refractivity contribution in [1.29, 1.82) is 0 Å². The number of carbonyl (C=O) groups is 3. The number of hydrogen-bond acceptors (Lipinski definition) is 5. The molecular formula is C24H16Cl3N3O4. The minimum atomic E-state index is -0.709. The second kappa shape index (κ2) is 9.77. The van der Waals surface area contributed by atoms with Crippen LogP contribution in [-0.4, -0.2) is 24.8 Å². The molecule has 7 nitrogen and oxygen atoms in total. The lowest BCUT2D eigenvalue weighted by molar-refractivity contribution is -0.120. The van der Waals surface area contributed by atoms with Crippen molar-refractivity contribution in [3.05, 3.63) is 93.1 Å². The SMILES string of the molecule is COc1cccc(NC(=O)c2cccc(NC3=C(Cl)C(=O)N(c4ccc(Cl)c(Cl)c4)C3=O)c2)c1. The first-order valence-electron chi connectivity index (χ1n) is 9.84. The molecule has 1 heterocycles. The van der Waals surface area contributed by atoms with Gasteiger partial charge in [0.1, 0.15) is 16.5 Å². The number of nitrogens with zero attached hydrogens (tertiary/aromatic N) is 1. The topological polar surface area (TPSA) is 87.7 Å². The molecule has 3 aromatic rings. The first-order valence-corrected chi connectivity index (χ1v) is 11.0. The van der Waals surface area contributed by atoms with Crippen LogP contribution < -0.4 is 20.3 Å². The Hall–Kier alpha value is -3.52. The maximum atomic E-state index is 13.0. The summed E-state index contributed by atoms with van der Waals surface area (Å²) < 4.78 is 5.16. The summed E-state index contributed by atoms with van der Waals surface area (Å²) in [6.45, 7) is 0. The second-order valence-corrected chi connectivity index (χ2v) is 8.32. The second-order valence-electron chi connectivity index (χ2n) is 7.12. The minimum absolute atomic E-state index is 0.122.